The molecule has 1 N–H and O–H groups in total. The summed E-state index contributed by atoms with van der Waals surface area (Å²) >= 11 is 0. The first-order valence-corrected chi connectivity index (χ1v) is 11.7. The number of benzene rings is 3. The van der Waals surface area contributed by atoms with Crippen molar-refractivity contribution in [2.24, 2.45) is 0 Å². The average molecular weight is 474 g/mol. The highest BCUT2D eigenvalue weighted by molar-refractivity contribution is 6.13. The number of hydrogen-bond acceptors (Lipinski definition) is 5. The summed E-state index contributed by atoms with van der Waals surface area (Å²) in [6.45, 7) is 4.65. The van der Waals surface area contributed by atoms with Crippen LogP contribution in [0.15, 0.2) is 72.8 Å². The molecule has 6 nitrogen and oxygen atoms in total. The highest BCUT2D eigenvalue weighted by atomic mass is 19.1. The maximum Gasteiger partial charge on any atom is 0.225 e. The monoisotopic (exact) mass is 473 g/mol. The predicted molar refractivity (Wildman–Crippen MR) is 135 cm³/mol. The van der Waals surface area contributed by atoms with Gasteiger partial charge in [-0.25, -0.2) is 4.39 Å². The molecule has 35 heavy (non-hydrogen) atoms. The van der Waals surface area contributed by atoms with Crippen molar-refractivity contribution >= 4 is 28.8 Å². The average Bonchev–Trinajstić information content (AvgIpc) is 2.88. The van der Waals surface area contributed by atoms with E-state index in [2.05, 4.69) is 10.2 Å². The van der Waals surface area contributed by atoms with Crippen molar-refractivity contribution in [3.05, 3.63) is 95.3 Å². The molecule has 0 atom stereocenters. The number of carbonyl (C=O) groups is 3. The van der Waals surface area contributed by atoms with Crippen LogP contribution in [0.4, 0.5) is 15.8 Å². The second-order valence-corrected chi connectivity index (χ2v) is 8.59. The molecule has 1 saturated heterocycles. The number of nitrogens with zero attached hydrogens (tertiary/aromatic N) is 2. The summed E-state index contributed by atoms with van der Waals surface area (Å²) in [7, 11) is 0. The van der Waals surface area contributed by atoms with Crippen LogP contribution in [0.3, 0.4) is 0 Å². The predicted octanol–water partition coefficient (Wildman–Crippen LogP) is 4.41. The van der Waals surface area contributed by atoms with Crippen LogP contribution in [0.5, 0.6) is 0 Å². The zero-order chi connectivity index (χ0) is 24.8. The number of piperazine rings is 1. The van der Waals surface area contributed by atoms with Crippen LogP contribution in [0.2, 0.25) is 0 Å². The van der Waals surface area contributed by atoms with Crippen molar-refractivity contribution in [2.75, 3.05) is 42.9 Å². The number of Topliss-reactive ketones (excluding diaryl/α,β-unsaturated/α-hetero) is 1. The van der Waals surface area contributed by atoms with E-state index in [9.17, 15) is 18.8 Å². The fourth-order valence-electron chi connectivity index (χ4n) is 4.20. The van der Waals surface area contributed by atoms with Gasteiger partial charge in [0.2, 0.25) is 5.91 Å². The Labute approximate surface area is 204 Å². The van der Waals surface area contributed by atoms with Crippen LogP contribution < -0.4 is 10.2 Å². The Morgan fingerprint density at radius 1 is 0.857 bits per heavy atom. The molecule has 7 heteroatoms. The van der Waals surface area contributed by atoms with E-state index in [1.807, 2.05) is 23.1 Å². The van der Waals surface area contributed by atoms with Crippen LogP contribution in [-0.2, 0) is 4.79 Å². The van der Waals surface area contributed by atoms with Gasteiger partial charge in [-0.3, -0.25) is 19.3 Å². The van der Waals surface area contributed by atoms with Gasteiger partial charge in [-0.15, -0.1) is 0 Å². The minimum Gasteiger partial charge on any atom is -0.367 e. The lowest BCUT2D eigenvalue weighted by atomic mass is 10.0. The van der Waals surface area contributed by atoms with Gasteiger partial charge in [0, 0.05) is 55.8 Å². The highest BCUT2D eigenvalue weighted by Gasteiger charge is 2.21. The molecule has 0 unspecified atom stereocenters. The van der Waals surface area contributed by atoms with Crippen molar-refractivity contribution in [3.63, 3.8) is 0 Å². The first-order chi connectivity index (χ1) is 16.9. The lowest BCUT2D eigenvalue weighted by Gasteiger charge is -2.36. The molecule has 1 fully saturated rings. The van der Waals surface area contributed by atoms with Gasteiger partial charge in [0.05, 0.1) is 11.4 Å². The summed E-state index contributed by atoms with van der Waals surface area (Å²) in [5.74, 6) is -0.854. The van der Waals surface area contributed by atoms with Crippen LogP contribution in [0.25, 0.3) is 0 Å². The van der Waals surface area contributed by atoms with Crippen LogP contribution in [0.1, 0.15) is 39.6 Å². The molecule has 1 aliphatic rings. The van der Waals surface area contributed by atoms with Gasteiger partial charge in [0.1, 0.15) is 5.82 Å². The van der Waals surface area contributed by atoms with Crippen LogP contribution in [-0.4, -0.2) is 55.1 Å². The van der Waals surface area contributed by atoms with E-state index in [4.69, 9.17) is 0 Å². The Bertz CT molecular complexity index is 1220. The molecule has 0 saturated carbocycles. The number of rotatable bonds is 8. The van der Waals surface area contributed by atoms with Crippen LogP contribution >= 0.6 is 0 Å². The van der Waals surface area contributed by atoms with E-state index < -0.39 is 5.82 Å². The minimum atomic E-state index is -0.394. The number of halogens is 1. The van der Waals surface area contributed by atoms with Gasteiger partial charge in [-0.2, -0.15) is 0 Å². The molecular weight excluding hydrogens is 445 g/mol. The van der Waals surface area contributed by atoms with Gasteiger partial charge in [0.25, 0.3) is 0 Å². The Kier molecular flexibility index (Phi) is 7.67. The smallest absolute Gasteiger partial charge is 0.225 e. The number of hydrogen-bond donors (Lipinski definition) is 1. The number of ketones is 2. The van der Waals surface area contributed by atoms with Gasteiger partial charge in [0.15, 0.2) is 11.6 Å². The summed E-state index contributed by atoms with van der Waals surface area (Å²) in [5, 5.41) is 2.88. The molecule has 3 aromatic carbocycles. The van der Waals surface area contributed by atoms with Crippen molar-refractivity contribution in [1.82, 2.24) is 4.90 Å². The maximum atomic E-state index is 14.5. The van der Waals surface area contributed by atoms with Crippen molar-refractivity contribution in [3.8, 4) is 0 Å². The molecule has 3 aromatic rings. The highest BCUT2D eigenvalue weighted by Crippen LogP contribution is 2.23. The summed E-state index contributed by atoms with van der Waals surface area (Å²) in [6.07, 6.45) is 0.287. The SMILES string of the molecule is CC(=O)c1ccc(N2CCN(CCC(=O)Nc3ccccc3C(=O)c3ccccc3)CC2)c(F)c1. The molecule has 0 radical (unpaired) electrons. The lowest BCUT2D eigenvalue weighted by molar-refractivity contribution is -0.116. The largest absolute Gasteiger partial charge is 0.367 e. The molecule has 4 rings (SSSR count). The number of amides is 1. The number of anilines is 2. The van der Waals surface area contributed by atoms with Crippen molar-refractivity contribution < 1.29 is 18.8 Å². The van der Waals surface area contributed by atoms with E-state index in [0.717, 1.165) is 0 Å². The number of carbonyl (C=O) groups excluding carboxylic acids is 3. The molecule has 0 aromatic heterocycles. The fourth-order valence-corrected chi connectivity index (χ4v) is 4.20. The second kappa shape index (κ2) is 11.1. The van der Waals surface area contributed by atoms with Crippen molar-refractivity contribution in [1.29, 1.82) is 0 Å². The molecular formula is C28H28FN3O3. The zero-order valence-corrected chi connectivity index (χ0v) is 19.7. The number of para-hydroxylation sites is 1. The zero-order valence-electron chi connectivity index (χ0n) is 19.7. The molecule has 1 heterocycles. The van der Waals surface area contributed by atoms with Gasteiger partial charge in [-0.1, -0.05) is 42.5 Å². The third-order valence-electron chi connectivity index (χ3n) is 6.20. The van der Waals surface area contributed by atoms with Gasteiger partial charge >= 0.3 is 0 Å². The molecule has 1 aliphatic heterocycles. The third-order valence-corrected chi connectivity index (χ3v) is 6.20. The molecule has 1 amide bonds. The fraction of sp³-hybridized carbons (Fsp3) is 0.250. The van der Waals surface area contributed by atoms with E-state index >= 15 is 0 Å². The van der Waals surface area contributed by atoms with E-state index in [0.29, 0.717) is 60.8 Å². The third kappa shape index (κ3) is 6.00. The standard InChI is InChI=1S/C28H28FN3O3/c1-20(33)22-11-12-26(24(29)19-22)32-17-15-31(16-18-32)14-13-27(34)30-25-10-6-5-9-23(25)28(35)21-7-3-2-4-8-21/h2-12,19H,13-18H2,1H3,(H,30,34). The quantitative estimate of drug-likeness (QED) is 0.491. The first-order valence-electron chi connectivity index (χ1n) is 11.7. The normalized spacial score (nSPS) is 13.9. The van der Waals surface area contributed by atoms with Crippen LogP contribution in [0, 0.1) is 5.82 Å². The lowest BCUT2D eigenvalue weighted by Crippen LogP contribution is -2.47. The second-order valence-electron chi connectivity index (χ2n) is 8.59. The van der Waals surface area contributed by atoms with E-state index in [1.165, 1.54) is 13.0 Å². The summed E-state index contributed by atoms with van der Waals surface area (Å²) in [5.41, 5.74) is 2.38. The Hall–Kier alpha value is -3.84. The molecule has 0 spiro atoms. The number of nitrogens with one attached hydrogen (secondary N) is 1. The maximum absolute atomic E-state index is 14.5. The topological polar surface area (TPSA) is 69.7 Å². The van der Waals surface area contributed by atoms with Crippen molar-refractivity contribution in [2.45, 2.75) is 13.3 Å². The van der Waals surface area contributed by atoms with E-state index in [1.54, 1.807) is 48.5 Å². The van der Waals surface area contributed by atoms with Gasteiger partial charge in [-0.05, 0) is 37.3 Å². The first kappa shape index (κ1) is 24.3. The summed E-state index contributed by atoms with van der Waals surface area (Å²) in [4.78, 5) is 41.1. The minimum absolute atomic E-state index is 0.138. The van der Waals surface area contributed by atoms with E-state index in [-0.39, 0.29) is 23.9 Å². The molecule has 180 valence electrons. The Balaban J connectivity index is 1.29. The molecule has 0 aliphatic carbocycles. The summed E-state index contributed by atoms with van der Waals surface area (Å²) < 4.78 is 14.5. The van der Waals surface area contributed by atoms with Gasteiger partial charge < -0.3 is 10.2 Å². The summed E-state index contributed by atoms with van der Waals surface area (Å²) in [6, 6.07) is 20.6. The Morgan fingerprint density at radius 2 is 1.54 bits per heavy atom. The molecule has 0 bridgehead atoms. The Morgan fingerprint density at radius 3 is 2.23 bits per heavy atom.